The van der Waals surface area contributed by atoms with Crippen LogP contribution in [0.5, 0.6) is 0 Å². The van der Waals surface area contributed by atoms with Crippen LogP contribution < -0.4 is 4.90 Å². The van der Waals surface area contributed by atoms with Crippen molar-refractivity contribution in [2.45, 2.75) is 6.42 Å². The van der Waals surface area contributed by atoms with Crippen LogP contribution in [-0.2, 0) is 4.79 Å². The zero-order chi connectivity index (χ0) is 12.4. The normalized spacial score (nSPS) is 19.7. The summed E-state index contributed by atoms with van der Waals surface area (Å²) in [5.74, 6) is -0.476. The first-order valence-electron chi connectivity index (χ1n) is 5.09. The number of carboxylic acids is 1. The third-order valence-electron chi connectivity index (χ3n) is 2.60. The summed E-state index contributed by atoms with van der Waals surface area (Å²) >= 11 is 4.14. The van der Waals surface area contributed by atoms with Gasteiger partial charge in [0, 0.05) is 25.4 Å². The Labute approximate surface area is 103 Å². The fraction of sp³-hybridized carbons (Fsp3) is 0.400. The standard InChI is InChI=1S/C10H11N3O3S/c14-7-3-6(5-17)4-13(7)9-8(10(15)16)11-1-2-12-9/h1-2,6,17H,3-5H2,(H,15,16). The van der Waals surface area contributed by atoms with Crippen molar-refractivity contribution in [2.24, 2.45) is 5.92 Å². The predicted molar refractivity (Wildman–Crippen MR) is 63.3 cm³/mol. The lowest BCUT2D eigenvalue weighted by Crippen LogP contribution is -2.28. The SMILES string of the molecule is O=C(O)c1nccnc1N1CC(CS)CC1=O. The lowest BCUT2D eigenvalue weighted by molar-refractivity contribution is -0.117. The number of aromatic nitrogens is 2. The Morgan fingerprint density at radius 1 is 1.53 bits per heavy atom. The molecule has 17 heavy (non-hydrogen) atoms. The maximum atomic E-state index is 11.8. The summed E-state index contributed by atoms with van der Waals surface area (Å²) in [5, 5.41) is 8.98. The van der Waals surface area contributed by atoms with Crippen LogP contribution in [0.3, 0.4) is 0 Å². The highest BCUT2D eigenvalue weighted by molar-refractivity contribution is 7.80. The molecule has 1 aliphatic heterocycles. The van der Waals surface area contributed by atoms with Crippen molar-refractivity contribution < 1.29 is 14.7 Å². The van der Waals surface area contributed by atoms with Gasteiger partial charge in [0.25, 0.3) is 0 Å². The monoisotopic (exact) mass is 253 g/mol. The second-order valence-corrected chi connectivity index (χ2v) is 4.16. The Kier molecular flexibility index (Phi) is 3.28. The number of carbonyl (C=O) groups excluding carboxylic acids is 1. The molecule has 2 rings (SSSR count). The van der Waals surface area contributed by atoms with Gasteiger partial charge < -0.3 is 5.11 Å². The summed E-state index contributed by atoms with van der Waals surface area (Å²) in [7, 11) is 0. The lowest BCUT2D eigenvalue weighted by atomic mass is 10.1. The summed E-state index contributed by atoms with van der Waals surface area (Å²) in [6.45, 7) is 0.446. The van der Waals surface area contributed by atoms with Gasteiger partial charge in [-0.05, 0) is 11.7 Å². The van der Waals surface area contributed by atoms with Crippen molar-refractivity contribution in [3.05, 3.63) is 18.1 Å². The van der Waals surface area contributed by atoms with Crippen molar-refractivity contribution in [3.63, 3.8) is 0 Å². The number of amides is 1. The molecule has 0 bridgehead atoms. The Hall–Kier alpha value is -1.63. The molecule has 0 radical (unpaired) electrons. The van der Waals surface area contributed by atoms with E-state index < -0.39 is 5.97 Å². The number of hydrogen-bond donors (Lipinski definition) is 2. The molecule has 1 amide bonds. The van der Waals surface area contributed by atoms with E-state index in [0.717, 1.165) is 0 Å². The Morgan fingerprint density at radius 3 is 2.82 bits per heavy atom. The summed E-state index contributed by atoms with van der Waals surface area (Å²) in [6.07, 6.45) is 3.05. The molecule has 0 spiro atoms. The quantitative estimate of drug-likeness (QED) is 0.764. The number of rotatable bonds is 3. The maximum absolute atomic E-state index is 11.8. The molecular weight excluding hydrogens is 242 g/mol. The average Bonchev–Trinajstić information content (AvgIpc) is 2.70. The number of aromatic carboxylic acids is 1. The second-order valence-electron chi connectivity index (χ2n) is 3.79. The number of thiol groups is 1. The molecule has 0 aromatic carbocycles. The van der Waals surface area contributed by atoms with Crippen molar-refractivity contribution in [1.82, 2.24) is 9.97 Å². The summed E-state index contributed by atoms with van der Waals surface area (Å²) in [6, 6.07) is 0. The van der Waals surface area contributed by atoms with Gasteiger partial charge in [0.2, 0.25) is 5.91 Å². The average molecular weight is 253 g/mol. The van der Waals surface area contributed by atoms with E-state index in [1.165, 1.54) is 17.3 Å². The van der Waals surface area contributed by atoms with Crippen molar-refractivity contribution in [3.8, 4) is 0 Å². The molecule has 1 aliphatic rings. The van der Waals surface area contributed by atoms with Crippen LogP contribution in [-0.4, -0.2) is 39.2 Å². The molecule has 1 atom stereocenters. The van der Waals surface area contributed by atoms with Crippen LogP contribution in [0, 0.1) is 5.92 Å². The summed E-state index contributed by atoms with van der Waals surface area (Å²) < 4.78 is 0. The van der Waals surface area contributed by atoms with Gasteiger partial charge in [-0.15, -0.1) is 0 Å². The number of nitrogens with zero attached hydrogens (tertiary/aromatic N) is 3. The van der Waals surface area contributed by atoms with Gasteiger partial charge in [-0.3, -0.25) is 9.69 Å². The maximum Gasteiger partial charge on any atom is 0.358 e. The zero-order valence-electron chi connectivity index (χ0n) is 8.91. The fourth-order valence-electron chi connectivity index (χ4n) is 1.79. The molecule has 1 aromatic heterocycles. The first-order chi connectivity index (χ1) is 8.13. The van der Waals surface area contributed by atoms with Gasteiger partial charge in [0.05, 0.1) is 0 Å². The third-order valence-corrected chi connectivity index (χ3v) is 3.12. The van der Waals surface area contributed by atoms with E-state index in [9.17, 15) is 9.59 Å². The minimum absolute atomic E-state index is 0.120. The number of hydrogen-bond acceptors (Lipinski definition) is 5. The van der Waals surface area contributed by atoms with Gasteiger partial charge >= 0.3 is 5.97 Å². The van der Waals surface area contributed by atoms with Crippen LogP contribution in [0.4, 0.5) is 5.82 Å². The predicted octanol–water partition coefficient (Wildman–Crippen LogP) is 0.457. The van der Waals surface area contributed by atoms with E-state index >= 15 is 0 Å². The van der Waals surface area contributed by atoms with Crippen LogP contribution in [0.2, 0.25) is 0 Å². The van der Waals surface area contributed by atoms with E-state index in [2.05, 4.69) is 22.6 Å². The Bertz CT molecular complexity index is 466. The van der Waals surface area contributed by atoms with Crippen LogP contribution >= 0.6 is 12.6 Å². The van der Waals surface area contributed by atoms with Gasteiger partial charge in [0.1, 0.15) is 0 Å². The van der Waals surface area contributed by atoms with Crippen molar-refractivity contribution in [1.29, 1.82) is 0 Å². The van der Waals surface area contributed by atoms with Crippen LogP contribution in [0.25, 0.3) is 0 Å². The molecule has 1 fully saturated rings. The highest BCUT2D eigenvalue weighted by Crippen LogP contribution is 2.25. The van der Waals surface area contributed by atoms with Gasteiger partial charge in [0.15, 0.2) is 11.5 Å². The van der Waals surface area contributed by atoms with Crippen molar-refractivity contribution >= 4 is 30.3 Å². The molecule has 2 heterocycles. The number of anilines is 1. The van der Waals surface area contributed by atoms with Gasteiger partial charge in [-0.2, -0.15) is 12.6 Å². The minimum atomic E-state index is -1.18. The van der Waals surface area contributed by atoms with E-state index in [4.69, 9.17) is 5.11 Å². The highest BCUT2D eigenvalue weighted by Gasteiger charge is 2.33. The smallest absolute Gasteiger partial charge is 0.358 e. The molecular formula is C10H11N3O3S. The summed E-state index contributed by atoms with van der Waals surface area (Å²) in [4.78, 5) is 31.8. The Morgan fingerprint density at radius 2 is 2.24 bits per heavy atom. The zero-order valence-corrected chi connectivity index (χ0v) is 9.80. The molecule has 0 saturated carbocycles. The van der Waals surface area contributed by atoms with E-state index in [-0.39, 0.29) is 23.3 Å². The molecule has 90 valence electrons. The molecule has 1 aromatic rings. The molecule has 1 unspecified atom stereocenters. The highest BCUT2D eigenvalue weighted by atomic mass is 32.1. The Balaban J connectivity index is 2.35. The molecule has 7 heteroatoms. The van der Waals surface area contributed by atoms with Crippen LogP contribution in [0.1, 0.15) is 16.9 Å². The third kappa shape index (κ3) is 2.23. The minimum Gasteiger partial charge on any atom is -0.476 e. The first kappa shape index (κ1) is 11.8. The fourth-order valence-corrected chi connectivity index (χ4v) is 2.03. The topological polar surface area (TPSA) is 83.4 Å². The van der Waals surface area contributed by atoms with Gasteiger partial charge in [-0.25, -0.2) is 14.8 Å². The molecule has 1 saturated heterocycles. The van der Waals surface area contributed by atoms with Gasteiger partial charge in [-0.1, -0.05) is 0 Å². The van der Waals surface area contributed by atoms with Crippen LogP contribution in [0.15, 0.2) is 12.4 Å². The molecule has 0 aliphatic carbocycles. The van der Waals surface area contributed by atoms with E-state index in [1.807, 2.05) is 0 Å². The number of carbonyl (C=O) groups is 2. The molecule has 1 N–H and O–H groups in total. The molecule has 6 nitrogen and oxygen atoms in total. The van der Waals surface area contributed by atoms with E-state index in [0.29, 0.717) is 18.7 Å². The largest absolute Gasteiger partial charge is 0.476 e. The van der Waals surface area contributed by atoms with Crippen molar-refractivity contribution in [2.75, 3.05) is 17.2 Å². The first-order valence-corrected chi connectivity index (χ1v) is 5.72. The second kappa shape index (κ2) is 4.70. The van der Waals surface area contributed by atoms with E-state index in [1.54, 1.807) is 0 Å². The summed E-state index contributed by atoms with van der Waals surface area (Å²) in [5.41, 5.74) is -0.194. The lowest BCUT2D eigenvalue weighted by Gasteiger charge is -2.16. The number of carboxylic acid groups (broad SMARTS) is 1.